The van der Waals surface area contributed by atoms with E-state index in [2.05, 4.69) is 10.6 Å². The first-order valence-electron chi connectivity index (χ1n) is 8.55. The third kappa shape index (κ3) is 5.77. The topological polar surface area (TPSA) is 122 Å². The average Bonchev–Trinajstić information content (AvgIpc) is 2.61. The van der Waals surface area contributed by atoms with Crippen LogP contribution in [0.15, 0.2) is 42.5 Å². The van der Waals surface area contributed by atoms with E-state index < -0.39 is 33.9 Å². The maximum atomic E-state index is 13.1. The van der Waals surface area contributed by atoms with E-state index in [0.717, 1.165) is 6.07 Å². The van der Waals surface area contributed by atoms with Gasteiger partial charge >= 0.3 is 6.18 Å². The predicted octanol–water partition coefficient (Wildman–Crippen LogP) is 3.50. The molecule has 8 nitrogen and oxygen atoms in total. The summed E-state index contributed by atoms with van der Waals surface area (Å²) in [6.45, 7) is 2.52. The molecule has 0 saturated carbocycles. The van der Waals surface area contributed by atoms with Gasteiger partial charge in [0.05, 0.1) is 4.92 Å². The molecule has 160 valence electrons. The Morgan fingerprint density at radius 3 is 2.13 bits per heavy atom. The lowest BCUT2D eigenvalue weighted by Crippen LogP contribution is -2.42. The molecule has 0 aliphatic rings. The SMILES string of the molecule is CC(=O)Nc1ccc(CC(C)(O)C(=O)Nc2ccc([N+](=O)[O-])c(C(F)(F)F)c2)cc1. The molecule has 1 atom stereocenters. The number of rotatable bonds is 6. The molecule has 1 unspecified atom stereocenters. The number of anilines is 2. The maximum Gasteiger partial charge on any atom is 0.423 e. The molecule has 0 aliphatic heterocycles. The number of carbonyl (C=O) groups is 2. The summed E-state index contributed by atoms with van der Waals surface area (Å²) in [5.74, 6) is -1.26. The molecule has 0 aliphatic carbocycles. The van der Waals surface area contributed by atoms with Crippen LogP contribution in [0.4, 0.5) is 30.2 Å². The van der Waals surface area contributed by atoms with Gasteiger partial charge in [0.15, 0.2) is 0 Å². The Kier molecular flexibility index (Phi) is 6.46. The molecule has 0 saturated heterocycles. The van der Waals surface area contributed by atoms with Crippen LogP contribution in [0.3, 0.4) is 0 Å². The number of nitro groups is 1. The van der Waals surface area contributed by atoms with Crippen molar-refractivity contribution in [1.82, 2.24) is 0 Å². The lowest BCUT2D eigenvalue weighted by atomic mass is 9.95. The number of aliphatic hydroxyl groups is 1. The molecule has 0 bridgehead atoms. The van der Waals surface area contributed by atoms with Gasteiger partial charge in [-0.05, 0) is 36.8 Å². The Morgan fingerprint density at radius 2 is 1.63 bits per heavy atom. The third-order valence-electron chi connectivity index (χ3n) is 4.07. The largest absolute Gasteiger partial charge is 0.423 e. The van der Waals surface area contributed by atoms with Crippen molar-refractivity contribution in [2.24, 2.45) is 0 Å². The van der Waals surface area contributed by atoms with E-state index in [1.54, 1.807) is 24.3 Å². The minimum Gasteiger partial charge on any atom is -0.380 e. The van der Waals surface area contributed by atoms with Crippen LogP contribution in [0.2, 0.25) is 0 Å². The first kappa shape index (κ1) is 22.8. The fourth-order valence-electron chi connectivity index (χ4n) is 2.65. The zero-order valence-electron chi connectivity index (χ0n) is 15.9. The van der Waals surface area contributed by atoms with E-state index in [-0.39, 0.29) is 18.0 Å². The van der Waals surface area contributed by atoms with Crippen molar-refractivity contribution in [3.8, 4) is 0 Å². The second-order valence-electron chi connectivity index (χ2n) is 6.77. The number of hydrogen-bond acceptors (Lipinski definition) is 5. The van der Waals surface area contributed by atoms with Gasteiger partial charge in [0, 0.05) is 30.8 Å². The Hall–Kier alpha value is -3.47. The fraction of sp³-hybridized carbons (Fsp3) is 0.263. The summed E-state index contributed by atoms with van der Waals surface area (Å²) < 4.78 is 39.2. The number of nitrogens with one attached hydrogen (secondary N) is 2. The van der Waals surface area contributed by atoms with Gasteiger partial charge in [0.25, 0.3) is 11.6 Å². The molecule has 0 spiro atoms. The Balaban J connectivity index is 2.17. The van der Waals surface area contributed by atoms with E-state index in [1.165, 1.54) is 13.8 Å². The van der Waals surface area contributed by atoms with Gasteiger partial charge in [0.2, 0.25) is 5.91 Å². The maximum absolute atomic E-state index is 13.1. The molecule has 3 N–H and O–H groups in total. The van der Waals surface area contributed by atoms with Crippen LogP contribution in [-0.2, 0) is 22.2 Å². The van der Waals surface area contributed by atoms with Crippen molar-refractivity contribution < 1.29 is 32.8 Å². The van der Waals surface area contributed by atoms with Crippen molar-refractivity contribution in [2.45, 2.75) is 32.0 Å². The van der Waals surface area contributed by atoms with Gasteiger partial charge in [-0.2, -0.15) is 13.2 Å². The van der Waals surface area contributed by atoms with Gasteiger partial charge in [0.1, 0.15) is 11.2 Å². The zero-order chi connectivity index (χ0) is 22.7. The van der Waals surface area contributed by atoms with Gasteiger partial charge < -0.3 is 15.7 Å². The fourth-order valence-corrected chi connectivity index (χ4v) is 2.65. The van der Waals surface area contributed by atoms with Crippen molar-refractivity contribution >= 4 is 28.9 Å². The highest BCUT2D eigenvalue weighted by Gasteiger charge is 2.39. The molecular formula is C19H18F3N3O5. The molecule has 2 amide bonds. The second-order valence-corrected chi connectivity index (χ2v) is 6.77. The van der Waals surface area contributed by atoms with Crippen molar-refractivity contribution in [3.05, 3.63) is 63.7 Å². The standard InChI is InChI=1S/C19H18F3N3O5/c1-11(26)23-13-5-3-12(4-6-13)10-18(2,28)17(27)24-14-7-8-16(25(29)30)15(9-14)19(20,21)22/h3-9,28H,10H2,1-2H3,(H,23,26)(H,24,27). The van der Waals surface area contributed by atoms with Crippen LogP contribution >= 0.6 is 0 Å². The number of halogens is 3. The number of hydrogen-bond donors (Lipinski definition) is 3. The number of nitrogens with zero attached hydrogens (tertiary/aromatic N) is 1. The van der Waals surface area contributed by atoms with Crippen LogP contribution in [0.1, 0.15) is 25.0 Å². The summed E-state index contributed by atoms with van der Waals surface area (Å²) in [5, 5.41) is 26.0. The molecule has 30 heavy (non-hydrogen) atoms. The Morgan fingerprint density at radius 1 is 1.07 bits per heavy atom. The van der Waals surface area contributed by atoms with Gasteiger partial charge in [-0.3, -0.25) is 19.7 Å². The first-order chi connectivity index (χ1) is 13.8. The molecule has 2 aromatic rings. The van der Waals surface area contributed by atoms with E-state index >= 15 is 0 Å². The summed E-state index contributed by atoms with van der Waals surface area (Å²) in [4.78, 5) is 33.1. The molecule has 0 heterocycles. The average molecular weight is 425 g/mol. The van der Waals surface area contributed by atoms with Crippen molar-refractivity contribution in [2.75, 3.05) is 10.6 Å². The Labute approximate surface area is 168 Å². The van der Waals surface area contributed by atoms with Crippen LogP contribution in [0, 0.1) is 10.1 Å². The molecule has 0 fully saturated rings. The monoisotopic (exact) mass is 425 g/mol. The summed E-state index contributed by atoms with van der Waals surface area (Å²) >= 11 is 0. The summed E-state index contributed by atoms with van der Waals surface area (Å²) in [5.41, 5.74) is -3.95. The van der Waals surface area contributed by atoms with Gasteiger partial charge in [-0.1, -0.05) is 12.1 Å². The number of alkyl halides is 3. The van der Waals surface area contributed by atoms with E-state index in [4.69, 9.17) is 0 Å². The lowest BCUT2D eigenvalue weighted by molar-refractivity contribution is -0.388. The number of amides is 2. The van der Waals surface area contributed by atoms with Gasteiger partial charge in [-0.15, -0.1) is 0 Å². The lowest BCUT2D eigenvalue weighted by Gasteiger charge is -2.23. The van der Waals surface area contributed by atoms with E-state index in [0.29, 0.717) is 23.4 Å². The van der Waals surface area contributed by atoms with Crippen molar-refractivity contribution in [3.63, 3.8) is 0 Å². The second kappa shape index (κ2) is 8.49. The molecule has 11 heteroatoms. The highest BCUT2D eigenvalue weighted by Crippen LogP contribution is 2.37. The van der Waals surface area contributed by atoms with E-state index in [9.17, 15) is 38.0 Å². The van der Waals surface area contributed by atoms with Crippen LogP contribution in [0.25, 0.3) is 0 Å². The smallest absolute Gasteiger partial charge is 0.380 e. The summed E-state index contributed by atoms with van der Waals surface area (Å²) in [6, 6.07) is 8.29. The van der Waals surface area contributed by atoms with Crippen LogP contribution in [0.5, 0.6) is 0 Å². The highest BCUT2D eigenvalue weighted by molar-refractivity contribution is 5.97. The summed E-state index contributed by atoms with van der Waals surface area (Å²) in [6.07, 6.45) is -5.17. The molecule has 2 aromatic carbocycles. The first-order valence-corrected chi connectivity index (χ1v) is 8.55. The highest BCUT2D eigenvalue weighted by atomic mass is 19.4. The molecular weight excluding hydrogens is 407 g/mol. The normalized spacial score (nSPS) is 13.3. The zero-order valence-corrected chi connectivity index (χ0v) is 15.9. The number of nitro benzene ring substituents is 1. The summed E-state index contributed by atoms with van der Waals surface area (Å²) in [7, 11) is 0. The van der Waals surface area contributed by atoms with E-state index in [1.807, 2.05) is 0 Å². The number of benzene rings is 2. The molecule has 0 aromatic heterocycles. The molecule has 0 radical (unpaired) electrons. The number of carbonyl (C=O) groups excluding carboxylic acids is 2. The minimum absolute atomic E-state index is 0.168. The Bertz CT molecular complexity index is 972. The van der Waals surface area contributed by atoms with Crippen molar-refractivity contribution in [1.29, 1.82) is 0 Å². The van der Waals surface area contributed by atoms with Gasteiger partial charge in [-0.25, -0.2) is 0 Å². The molecule has 2 rings (SSSR count). The quantitative estimate of drug-likeness (QED) is 0.483. The predicted molar refractivity (Wildman–Crippen MR) is 102 cm³/mol. The third-order valence-corrected chi connectivity index (χ3v) is 4.07. The minimum atomic E-state index is -5.00. The van der Waals surface area contributed by atoms with Crippen LogP contribution < -0.4 is 10.6 Å². The van der Waals surface area contributed by atoms with Crippen LogP contribution in [-0.4, -0.2) is 27.4 Å².